The monoisotopic (exact) mass is 260 g/mol. The Hall–Kier alpha value is -0.860. The van der Waals surface area contributed by atoms with Crippen LogP contribution in [0.2, 0.25) is 0 Å². The lowest BCUT2D eigenvalue weighted by molar-refractivity contribution is 0.109. The van der Waals surface area contributed by atoms with Gasteiger partial charge in [0.25, 0.3) is 0 Å². The molecule has 2 rings (SSSR count). The van der Waals surface area contributed by atoms with E-state index in [1.807, 2.05) is 0 Å². The lowest BCUT2D eigenvalue weighted by Gasteiger charge is -2.39. The first-order chi connectivity index (χ1) is 9.15. The van der Waals surface area contributed by atoms with Crippen LogP contribution in [0.3, 0.4) is 0 Å². The van der Waals surface area contributed by atoms with Gasteiger partial charge in [0.2, 0.25) is 0 Å². The molecule has 2 nitrogen and oxygen atoms in total. The van der Waals surface area contributed by atoms with E-state index in [0.29, 0.717) is 5.41 Å². The van der Waals surface area contributed by atoms with Gasteiger partial charge in [0.15, 0.2) is 0 Å². The molecule has 0 aromatic heterocycles. The molecule has 1 aliphatic rings. The predicted molar refractivity (Wildman–Crippen MR) is 82.1 cm³/mol. The van der Waals surface area contributed by atoms with Gasteiger partial charge in [0.05, 0.1) is 0 Å². The Morgan fingerprint density at radius 1 is 1.11 bits per heavy atom. The van der Waals surface area contributed by atoms with Gasteiger partial charge >= 0.3 is 0 Å². The average Bonchev–Trinajstić information content (AvgIpc) is 2.44. The van der Waals surface area contributed by atoms with Crippen molar-refractivity contribution in [3.63, 3.8) is 0 Å². The molecule has 0 unspecified atom stereocenters. The maximum atomic E-state index is 5.58. The van der Waals surface area contributed by atoms with Gasteiger partial charge in [-0.2, -0.15) is 0 Å². The number of nitrogens with zero attached hydrogens (tertiary/aromatic N) is 1. The van der Waals surface area contributed by atoms with E-state index in [2.05, 4.69) is 43.0 Å². The largest absolute Gasteiger partial charge is 0.330 e. The Bertz CT molecular complexity index is 375. The molecule has 1 aromatic rings. The fraction of sp³-hybridized carbons (Fsp3) is 0.647. The fourth-order valence-corrected chi connectivity index (χ4v) is 2.84. The molecular weight excluding hydrogens is 232 g/mol. The summed E-state index contributed by atoms with van der Waals surface area (Å²) < 4.78 is 0. The van der Waals surface area contributed by atoms with Crippen LogP contribution in [0.5, 0.6) is 0 Å². The van der Waals surface area contributed by atoms with E-state index in [1.165, 1.54) is 43.5 Å². The first-order valence-corrected chi connectivity index (χ1v) is 7.65. The lowest BCUT2D eigenvalue weighted by atomic mass is 9.78. The van der Waals surface area contributed by atoms with Crippen LogP contribution in [0.1, 0.15) is 44.2 Å². The third-order valence-corrected chi connectivity index (χ3v) is 4.78. The van der Waals surface area contributed by atoms with Crippen molar-refractivity contribution in [2.24, 2.45) is 11.1 Å². The predicted octanol–water partition coefficient (Wildman–Crippen LogP) is 3.20. The minimum absolute atomic E-state index is 0.585. The summed E-state index contributed by atoms with van der Waals surface area (Å²) in [6.45, 7) is 9.09. The smallest absolute Gasteiger partial charge is 0.0233 e. The zero-order valence-electron chi connectivity index (χ0n) is 12.5. The Morgan fingerprint density at radius 3 is 2.21 bits per heavy atom. The molecule has 19 heavy (non-hydrogen) atoms. The summed E-state index contributed by atoms with van der Waals surface area (Å²) in [4.78, 5) is 2.59. The second kappa shape index (κ2) is 6.53. The molecular formula is C17H28N2. The second-order valence-corrected chi connectivity index (χ2v) is 6.30. The molecule has 1 aliphatic heterocycles. The van der Waals surface area contributed by atoms with Gasteiger partial charge in [-0.3, -0.25) is 4.90 Å². The maximum absolute atomic E-state index is 5.58. The average molecular weight is 260 g/mol. The first-order valence-electron chi connectivity index (χ1n) is 7.65. The van der Waals surface area contributed by atoms with Crippen molar-refractivity contribution in [2.75, 3.05) is 19.6 Å². The molecule has 1 fully saturated rings. The molecule has 1 aromatic carbocycles. The minimum atomic E-state index is 0.585. The molecule has 2 N–H and O–H groups in total. The van der Waals surface area contributed by atoms with E-state index < -0.39 is 0 Å². The molecule has 106 valence electrons. The van der Waals surface area contributed by atoms with E-state index in [-0.39, 0.29) is 0 Å². The Balaban J connectivity index is 1.85. The Morgan fingerprint density at radius 2 is 1.68 bits per heavy atom. The van der Waals surface area contributed by atoms with E-state index >= 15 is 0 Å². The standard InChI is InChI=1S/C17H28N2/c1-3-17(2)9-12-19(13-10-17)14-16-6-4-15(5-7-16)8-11-18/h4-7H,3,8-14,18H2,1-2H3. The van der Waals surface area contributed by atoms with Gasteiger partial charge in [0.1, 0.15) is 0 Å². The molecule has 0 radical (unpaired) electrons. The summed E-state index contributed by atoms with van der Waals surface area (Å²) in [7, 11) is 0. The maximum Gasteiger partial charge on any atom is 0.0233 e. The molecule has 0 amide bonds. The number of hydrogen-bond acceptors (Lipinski definition) is 2. The highest BCUT2D eigenvalue weighted by molar-refractivity contribution is 5.22. The highest BCUT2D eigenvalue weighted by Gasteiger charge is 2.27. The summed E-state index contributed by atoms with van der Waals surface area (Å²) in [6.07, 6.45) is 4.98. The van der Waals surface area contributed by atoms with Crippen molar-refractivity contribution >= 4 is 0 Å². The van der Waals surface area contributed by atoms with Crippen LogP contribution < -0.4 is 5.73 Å². The van der Waals surface area contributed by atoms with E-state index in [1.54, 1.807) is 0 Å². The molecule has 0 aliphatic carbocycles. The van der Waals surface area contributed by atoms with Gasteiger partial charge in [-0.05, 0) is 55.4 Å². The molecule has 0 bridgehead atoms. The highest BCUT2D eigenvalue weighted by atomic mass is 15.1. The SMILES string of the molecule is CCC1(C)CCN(Cc2ccc(CCN)cc2)CC1. The molecule has 2 heteroatoms. The molecule has 1 heterocycles. The van der Waals surface area contributed by atoms with Crippen LogP contribution in [0, 0.1) is 5.41 Å². The Kier molecular flexibility index (Phi) is 5.00. The molecule has 0 spiro atoms. The van der Waals surface area contributed by atoms with Crippen molar-refractivity contribution in [1.29, 1.82) is 0 Å². The van der Waals surface area contributed by atoms with Gasteiger partial charge in [0, 0.05) is 6.54 Å². The van der Waals surface area contributed by atoms with Gasteiger partial charge in [-0.15, -0.1) is 0 Å². The van der Waals surface area contributed by atoms with Crippen molar-refractivity contribution in [2.45, 2.75) is 46.1 Å². The zero-order valence-corrected chi connectivity index (χ0v) is 12.5. The van der Waals surface area contributed by atoms with Crippen LogP contribution in [0.15, 0.2) is 24.3 Å². The van der Waals surface area contributed by atoms with Crippen LogP contribution in [-0.2, 0) is 13.0 Å². The topological polar surface area (TPSA) is 29.3 Å². The second-order valence-electron chi connectivity index (χ2n) is 6.30. The van der Waals surface area contributed by atoms with Crippen molar-refractivity contribution in [3.8, 4) is 0 Å². The summed E-state index contributed by atoms with van der Waals surface area (Å²) in [6, 6.07) is 8.97. The van der Waals surface area contributed by atoms with Crippen molar-refractivity contribution in [3.05, 3.63) is 35.4 Å². The van der Waals surface area contributed by atoms with Crippen LogP contribution in [-0.4, -0.2) is 24.5 Å². The number of benzene rings is 1. The first kappa shape index (κ1) is 14.5. The van der Waals surface area contributed by atoms with Gasteiger partial charge in [-0.25, -0.2) is 0 Å². The van der Waals surface area contributed by atoms with E-state index in [0.717, 1.165) is 19.5 Å². The number of rotatable bonds is 5. The summed E-state index contributed by atoms with van der Waals surface area (Å²) in [5, 5.41) is 0. The summed E-state index contributed by atoms with van der Waals surface area (Å²) in [5.41, 5.74) is 8.94. The van der Waals surface area contributed by atoms with Gasteiger partial charge in [-0.1, -0.05) is 44.5 Å². The lowest BCUT2D eigenvalue weighted by Crippen LogP contribution is -2.37. The summed E-state index contributed by atoms with van der Waals surface area (Å²) >= 11 is 0. The van der Waals surface area contributed by atoms with Gasteiger partial charge < -0.3 is 5.73 Å². The fourth-order valence-electron chi connectivity index (χ4n) is 2.84. The van der Waals surface area contributed by atoms with E-state index in [9.17, 15) is 0 Å². The third-order valence-electron chi connectivity index (χ3n) is 4.78. The van der Waals surface area contributed by atoms with Crippen LogP contribution >= 0.6 is 0 Å². The zero-order chi connectivity index (χ0) is 13.7. The van der Waals surface area contributed by atoms with Crippen LogP contribution in [0.25, 0.3) is 0 Å². The van der Waals surface area contributed by atoms with Crippen LogP contribution in [0.4, 0.5) is 0 Å². The number of piperidine rings is 1. The van der Waals surface area contributed by atoms with Crippen molar-refractivity contribution < 1.29 is 0 Å². The molecule has 1 saturated heterocycles. The quantitative estimate of drug-likeness (QED) is 0.881. The third kappa shape index (κ3) is 4.05. The highest BCUT2D eigenvalue weighted by Crippen LogP contribution is 2.34. The molecule has 0 atom stereocenters. The minimum Gasteiger partial charge on any atom is -0.330 e. The number of nitrogens with two attached hydrogens (primary N) is 1. The number of likely N-dealkylation sites (tertiary alicyclic amines) is 1. The summed E-state index contributed by atoms with van der Waals surface area (Å²) in [5.74, 6) is 0. The molecule has 0 saturated carbocycles. The van der Waals surface area contributed by atoms with Crippen molar-refractivity contribution in [1.82, 2.24) is 4.90 Å². The van der Waals surface area contributed by atoms with E-state index in [4.69, 9.17) is 5.73 Å². The normalized spacial score (nSPS) is 19.5. The number of hydrogen-bond donors (Lipinski definition) is 1. The Labute approximate surface area is 118 Å².